The van der Waals surface area contributed by atoms with Gasteiger partial charge in [0.15, 0.2) is 0 Å². The number of nitrogens with one attached hydrogen (secondary N) is 2. The van der Waals surface area contributed by atoms with Gasteiger partial charge in [0.2, 0.25) is 5.55 Å². The van der Waals surface area contributed by atoms with E-state index in [-0.39, 0.29) is 5.55 Å². The summed E-state index contributed by atoms with van der Waals surface area (Å²) in [6, 6.07) is 32.0. The fourth-order valence-electron chi connectivity index (χ4n) is 4.24. The summed E-state index contributed by atoms with van der Waals surface area (Å²) in [5.41, 5.74) is 8.53. The van der Waals surface area contributed by atoms with Crippen molar-refractivity contribution in [3.63, 3.8) is 0 Å². The molecule has 2 heterocycles. The summed E-state index contributed by atoms with van der Waals surface area (Å²) in [6.45, 7) is 0. The lowest BCUT2D eigenvalue weighted by molar-refractivity contribution is 0.251. The Morgan fingerprint density at radius 3 is 2.16 bits per heavy atom. The molecule has 0 aliphatic carbocycles. The number of rotatable bonds is 4. The molecule has 37 heavy (non-hydrogen) atoms. The lowest BCUT2D eigenvalue weighted by Gasteiger charge is -2.08. The van der Waals surface area contributed by atoms with Gasteiger partial charge in [-0.15, -0.1) is 5.10 Å². The minimum atomic E-state index is -0.475. The predicted octanol–water partition coefficient (Wildman–Crippen LogP) is 7.80. The SMILES string of the molecule is O=C(N/N=c1/cc(-c2ccccc2)c2cc3c(-c4ccc(Cl)cc4)coc3cc2o1)Nc1ccccc1. The Morgan fingerprint density at radius 1 is 0.730 bits per heavy atom. The van der Waals surface area contributed by atoms with Gasteiger partial charge in [0, 0.05) is 39.2 Å². The lowest BCUT2D eigenvalue weighted by Crippen LogP contribution is -2.26. The van der Waals surface area contributed by atoms with E-state index in [0.717, 1.165) is 33.0 Å². The van der Waals surface area contributed by atoms with Crippen molar-refractivity contribution in [2.45, 2.75) is 0 Å². The van der Waals surface area contributed by atoms with Crippen LogP contribution in [0.1, 0.15) is 0 Å². The normalized spacial score (nSPS) is 11.6. The largest absolute Gasteiger partial charge is 0.464 e. The summed E-state index contributed by atoms with van der Waals surface area (Å²) >= 11 is 6.08. The van der Waals surface area contributed by atoms with Crippen molar-refractivity contribution in [2.24, 2.45) is 5.10 Å². The molecule has 0 unspecified atom stereocenters. The van der Waals surface area contributed by atoms with Crippen molar-refractivity contribution in [1.82, 2.24) is 5.43 Å². The number of benzene rings is 4. The van der Waals surface area contributed by atoms with Crippen LogP contribution in [0.4, 0.5) is 10.5 Å². The van der Waals surface area contributed by atoms with E-state index in [4.69, 9.17) is 20.4 Å². The van der Waals surface area contributed by atoms with Crippen LogP contribution in [0, 0.1) is 0 Å². The number of carbonyl (C=O) groups is 1. The second kappa shape index (κ2) is 9.68. The third-order valence-electron chi connectivity index (χ3n) is 5.99. The molecular formula is C30H20ClN3O3. The van der Waals surface area contributed by atoms with Crippen molar-refractivity contribution < 1.29 is 13.6 Å². The lowest BCUT2D eigenvalue weighted by atomic mass is 9.98. The summed E-state index contributed by atoms with van der Waals surface area (Å²) in [5.74, 6) is 0. The molecule has 2 aromatic heterocycles. The molecule has 0 spiro atoms. The molecular weight excluding hydrogens is 486 g/mol. The van der Waals surface area contributed by atoms with Gasteiger partial charge in [-0.05, 0) is 47.0 Å². The first-order valence-electron chi connectivity index (χ1n) is 11.6. The second-order valence-corrected chi connectivity index (χ2v) is 8.85. The first kappa shape index (κ1) is 22.6. The zero-order chi connectivity index (χ0) is 25.2. The third kappa shape index (κ3) is 4.70. The number of amides is 2. The molecule has 0 aliphatic rings. The standard InChI is InChI=1S/C30H20ClN3O3/c31-21-13-11-20(12-14-21)26-18-36-27-17-28-24(15-25(26)27)23(19-7-3-1-4-8-19)16-29(37-28)33-34-30(35)32-22-9-5-2-6-10-22/h1-18H,(H2,32,34,35)/b33-29-. The van der Waals surface area contributed by atoms with Gasteiger partial charge >= 0.3 is 6.03 Å². The van der Waals surface area contributed by atoms with Gasteiger partial charge in [0.05, 0.1) is 6.26 Å². The van der Waals surface area contributed by atoms with Crippen LogP contribution in [0.5, 0.6) is 0 Å². The van der Waals surface area contributed by atoms with Crippen LogP contribution >= 0.6 is 11.6 Å². The maximum absolute atomic E-state index is 12.4. The minimum Gasteiger partial charge on any atom is -0.464 e. The molecule has 6 rings (SSSR count). The molecule has 0 saturated carbocycles. The molecule has 0 saturated heterocycles. The Hall–Kier alpha value is -4.81. The van der Waals surface area contributed by atoms with E-state index in [0.29, 0.717) is 21.9 Å². The number of hydrogen-bond donors (Lipinski definition) is 2. The summed E-state index contributed by atoms with van der Waals surface area (Å²) in [6.07, 6.45) is 1.73. The van der Waals surface area contributed by atoms with Crippen molar-refractivity contribution in [2.75, 3.05) is 5.32 Å². The number of nitrogens with zero attached hydrogens (tertiary/aromatic N) is 1. The van der Waals surface area contributed by atoms with Crippen LogP contribution in [0.15, 0.2) is 123 Å². The molecule has 2 amide bonds. The summed E-state index contributed by atoms with van der Waals surface area (Å²) in [4.78, 5) is 12.4. The summed E-state index contributed by atoms with van der Waals surface area (Å²) < 4.78 is 12.0. The third-order valence-corrected chi connectivity index (χ3v) is 6.24. The highest BCUT2D eigenvalue weighted by molar-refractivity contribution is 6.30. The molecule has 0 fully saturated rings. The molecule has 0 aliphatic heterocycles. The smallest absolute Gasteiger partial charge is 0.339 e. The topological polar surface area (TPSA) is 79.8 Å². The van der Waals surface area contributed by atoms with Crippen LogP contribution < -0.4 is 16.3 Å². The quantitative estimate of drug-likeness (QED) is 0.240. The first-order chi connectivity index (χ1) is 18.1. The van der Waals surface area contributed by atoms with E-state index in [9.17, 15) is 4.79 Å². The van der Waals surface area contributed by atoms with Crippen molar-refractivity contribution in [3.8, 4) is 22.3 Å². The Bertz CT molecular complexity index is 1790. The average Bonchev–Trinajstić information content (AvgIpc) is 3.34. The highest BCUT2D eigenvalue weighted by Crippen LogP contribution is 2.36. The fraction of sp³-hybridized carbons (Fsp3) is 0. The van der Waals surface area contributed by atoms with Gasteiger partial charge in [-0.2, -0.15) is 0 Å². The van der Waals surface area contributed by atoms with Crippen LogP contribution in [0.25, 0.3) is 44.2 Å². The highest BCUT2D eigenvalue weighted by Gasteiger charge is 2.14. The fourth-order valence-corrected chi connectivity index (χ4v) is 4.37. The number of anilines is 1. The first-order valence-corrected chi connectivity index (χ1v) is 12.0. The van der Waals surface area contributed by atoms with Crippen molar-refractivity contribution >= 4 is 45.3 Å². The van der Waals surface area contributed by atoms with E-state index < -0.39 is 6.03 Å². The molecule has 6 aromatic rings. The average molecular weight is 506 g/mol. The molecule has 4 aromatic carbocycles. The Morgan fingerprint density at radius 2 is 1.41 bits per heavy atom. The Labute approximate surface area is 216 Å². The van der Waals surface area contributed by atoms with Crippen LogP contribution in [0.2, 0.25) is 5.02 Å². The van der Waals surface area contributed by atoms with Gasteiger partial charge < -0.3 is 14.2 Å². The molecule has 6 nitrogen and oxygen atoms in total. The Kier molecular flexibility index (Phi) is 5.92. The van der Waals surface area contributed by atoms with E-state index in [1.165, 1.54) is 0 Å². The molecule has 0 bridgehead atoms. The molecule has 0 radical (unpaired) electrons. The number of urea groups is 1. The Balaban J connectivity index is 1.46. The van der Waals surface area contributed by atoms with Gasteiger partial charge in [-0.3, -0.25) is 0 Å². The molecule has 0 atom stereocenters. The van der Waals surface area contributed by atoms with E-state index in [1.807, 2.05) is 84.9 Å². The van der Waals surface area contributed by atoms with Gasteiger partial charge in [-0.1, -0.05) is 72.3 Å². The zero-order valence-electron chi connectivity index (χ0n) is 19.4. The van der Waals surface area contributed by atoms with E-state index >= 15 is 0 Å². The van der Waals surface area contributed by atoms with E-state index in [2.05, 4.69) is 21.9 Å². The van der Waals surface area contributed by atoms with Crippen LogP contribution in [-0.2, 0) is 0 Å². The van der Waals surface area contributed by atoms with Gasteiger partial charge in [0.1, 0.15) is 11.2 Å². The van der Waals surface area contributed by atoms with Gasteiger partial charge in [0.25, 0.3) is 0 Å². The van der Waals surface area contributed by atoms with Crippen molar-refractivity contribution in [3.05, 3.63) is 120 Å². The van der Waals surface area contributed by atoms with Crippen LogP contribution in [0.3, 0.4) is 0 Å². The molecule has 2 N–H and O–H groups in total. The highest BCUT2D eigenvalue weighted by atomic mass is 35.5. The number of furan rings is 1. The molecule has 7 heteroatoms. The number of carbonyl (C=O) groups excluding carboxylic acids is 1. The molecule has 180 valence electrons. The van der Waals surface area contributed by atoms with Crippen LogP contribution in [-0.4, -0.2) is 6.03 Å². The van der Waals surface area contributed by atoms with Crippen molar-refractivity contribution in [1.29, 1.82) is 0 Å². The summed E-state index contributed by atoms with van der Waals surface area (Å²) in [5, 5.41) is 9.46. The zero-order valence-corrected chi connectivity index (χ0v) is 20.2. The number of halogens is 1. The number of para-hydroxylation sites is 1. The predicted molar refractivity (Wildman–Crippen MR) is 146 cm³/mol. The monoisotopic (exact) mass is 505 g/mol. The maximum Gasteiger partial charge on any atom is 0.339 e. The maximum atomic E-state index is 12.4. The summed E-state index contributed by atoms with van der Waals surface area (Å²) in [7, 11) is 0. The minimum absolute atomic E-state index is 0.249. The second-order valence-electron chi connectivity index (χ2n) is 8.41. The van der Waals surface area contributed by atoms with E-state index in [1.54, 1.807) is 18.4 Å². The van der Waals surface area contributed by atoms with Gasteiger partial charge in [-0.25, -0.2) is 10.2 Å². The number of hydrogen-bond acceptors (Lipinski definition) is 4. The number of fused-ring (bicyclic) bond motifs is 2.